The summed E-state index contributed by atoms with van der Waals surface area (Å²) in [6.45, 7) is 7.95. The molecule has 4 rings (SSSR count). The summed E-state index contributed by atoms with van der Waals surface area (Å²) >= 11 is 0. The normalized spacial score (nSPS) is 11.6. The highest BCUT2D eigenvalue weighted by molar-refractivity contribution is 7.90. The first-order valence-corrected chi connectivity index (χ1v) is 15.1. The number of hydrogen-bond donors (Lipinski definition) is 2. The van der Waals surface area contributed by atoms with E-state index in [-0.39, 0.29) is 24.2 Å². The number of amides is 1. The van der Waals surface area contributed by atoms with Crippen LogP contribution in [0.25, 0.3) is 16.9 Å². The zero-order chi connectivity index (χ0) is 29.0. The number of imidazole rings is 1. The molecule has 0 aliphatic rings. The Balaban J connectivity index is 1.77. The Morgan fingerprint density at radius 2 is 1.90 bits per heavy atom. The maximum Gasteiger partial charge on any atom is 0.251 e. The van der Waals surface area contributed by atoms with Gasteiger partial charge >= 0.3 is 0 Å². The third-order valence-corrected chi connectivity index (χ3v) is 7.23. The van der Waals surface area contributed by atoms with Crippen molar-refractivity contribution in [3.63, 3.8) is 0 Å². The Morgan fingerprint density at radius 1 is 1.12 bits per heavy atom. The van der Waals surface area contributed by atoms with Gasteiger partial charge < -0.3 is 20.1 Å². The number of rotatable bonds is 11. The van der Waals surface area contributed by atoms with Crippen LogP contribution in [-0.4, -0.2) is 60.6 Å². The molecule has 2 heterocycles. The van der Waals surface area contributed by atoms with Crippen LogP contribution in [0, 0.1) is 6.92 Å². The van der Waals surface area contributed by atoms with Gasteiger partial charge in [0.2, 0.25) is 5.88 Å². The number of sulfone groups is 1. The van der Waals surface area contributed by atoms with E-state index in [1.807, 2.05) is 58.0 Å². The second-order valence-corrected chi connectivity index (χ2v) is 12.2. The van der Waals surface area contributed by atoms with E-state index >= 15 is 0 Å². The molecule has 2 aromatic carbocycles. The van der Waals surface area contributed by atoms with E-state index in [0.717, 1.165) is 28.9 Å². The molecule has 2 aromatic heterocycles. The topological polar surface area (TPSA) is 124 Å². The minimum atomic E-state index is -3.16. The number of benzene rings is 2. The lowest BCUT2D eigenvalue weighted by Crippen LogP contribution is -2.30. The number of carbonyl (C=O) groups excluding carboxylic acids is 1. The molecule has 0 spiro atoms. The fourth-order valence-electron chi connectivity index (χ4n) is 4.28. The van der Waals surface area contributed by atoms with Crippen LogP contribution in [0.15, 0.2) is 48.7 Å². The zero-order valence-electron chi connectivity index (χ0n) is 23.6. The summed E-state index contributed by atoms with van der Waals surface area (Å²) in [4.78, 5) is 17.2. The molecule has 0 saturated heterocycles. The zero-order valence-corrected chi connectivity index (χ0v) is 24.4. The average Bonchev–Trinajstić information content (AvgIpc) is 3.32. The van der Waals surface area contributed by atoms with Gasteiger partial charge in [0.05, 0.1) is 30.4 Å². The maximum absolute atomic E-state index is 12.6. The molecule has 0 bridgehead atoms. The van der Waals surface area contributed by atoms with E-state index < -0.39 is 9.84 Å². The number of nitrogens with zero attached hydrogens (tertiary/aromatic N) is 3. The molecule has 10 nitrogen and oxygen atoms in total. The van der Waals surface area contributed by atoms with Crippen molar-refractivity contribution in [3.05, 3.63) is 65.4 Å². The highest BCUT2D eigenvalue weighted by Crippen LogP contribution is 2.32. The second kappa shape index (κ2) is 12.0. The maximum atomic E-state index is 12.6. The Morgan fingerprint density at radius 3 is 2.55 bits per heavy atom. The summed E-state index contributed by atoms with van der Waals surface area (Å²) in [6, 6.07) is 12.9. The number of carbonyl (C=O) groups is 1. The molecule has 1 amide bonds. The van der Waals surface area contributed by atoms with Crippen LogP contribution in [0.5, 0.6) is 17.4 Å². The number of methoxy groups -OCH3 is 1. The summed E-state index contributed by atoms with van der Waals surface area (Å²) in [5.74, 6) is 1.50. The van der Waals surface area contributed by atoms with Crippen molar-refractivity contribution in [1.82, 2.24) is 19.9 Å². The van der Waals surface area contributed by atoms with Crippen molar-refractivity contribution in [2.24, 2.45) is 0 Å². The van der Waals surface area contributed by atoms with Crippen LogP contribution in [0.1, 0.15) is 42.3 Å². The number of aryl methyl sites for hydroxylation is 2. The Kier molecular flexibility index (Phi) is 8.63. The summed E-state index contributed by atoms with van der Waals surface area (Å²) < 4.78 is 36.7. The van der Waals surface area contributed by atoms with Gasteiger partial charge in [0.25, 0.3) is 5.91 Å². The molecular formula is C29H35N5O5S. The van der Waals surface area contributed by atoms with Crippen LogP contribution in [0.3, 0.4) is 0 Å². The Hall–Kier alpha value is -4.12. The minimum Gasteiger partial charge on any atom is -0.497 e. The van der Waals surface area contributed by atoms with Gasteiger partial charge in [0.1, 0.15) is 21.3 Å². The Bertz CT molecular complexity index is 1650. The number of nitrogens with one attached hydrogen (secondary N) is 2. The van der Waals surface area contributed by atoms with Crippen molar-refractivity contribution in [1.29, 1.82) is 0 Å². The van der Waals surface area contributed by atoms with E-state index in [1.165, 1.54) is 6.26 Å². The number of aromatic nitrogens is 3. The number of anilines is 1. The van der Waals surface area contributed by atoms with Gasteiger partial charge in [-0.3, -0.25) is 4.79 Å². The van der Waals surface area contributed by atoms with E-state index in [9.17, 15) is 13.2 Å². The van der Waals surface area contributed by atoms with Gasteiger partial charge in [-0.1, -0.05) is 13.0 Å². The van der Waals surface area contributed by atoms with Gasteiger partial charge in [-0.25, -0.2) is 17.9 Å². The summed E-state index contributed by atoms with van der Waals surface area (Å²) in [6.07, 6.45) is 3.62. The van der Waals surface area contributed by atoms with Crippen LogP contribution < -0.4 is 20.1 Å². The lowest BCUT2D eigenvalue weighted by atomic mass is 10.0. The highest BCUT2D eigenvalue weighted by Gasteiger charge is 2.18. The van der Waals surface area contributed by atoms with Crippen molar-refractivity contribution in [2.45, 2.75) is 40.2 Å². The summed E-state index contributed by atoms with van der Waals surface area (Å²) in [7, 11) is -1.55. The number of fused-ring (bicyclic) bond motifs is 1. The SMILES string of the molecule is CCc1cc(OC)ccc1Oc1cc(NCCS(C)(=O)=O)c2ncc(-c3ccc(C(=O)NC(C)C)c(C)c3)n2n1. The van der Waals surface area contributed by atoms with E-state index in [4.69, 9.17) is 14.6 Å². The molecule has 212 valence electrons. The summed E-state index contributed by atoms with van der Waals surface area (Å²) in [5, 5.41) is 10.8. The first kappa shape index (κ1) is 28.9. The average molecular weight is 566 g/mol. The first-order chi connectivity index (χ1) is 19.0. The third kappa shape index (κ3) is 6.71. The summed E-state index contributed by atoms with van der Waals surface area (Å²) in [5.41, 5.74) is 4.96. The first-order valence-electron chi connectivity index (χ1n) is 13.1. The predicted molar refractivity (Wildman–Crippen MR) is 156 cm³/mol. The number of hydrogen-bond acceptors (Lipinski definition) is 8. The highest BCUT2D eigenvalue weighted by atomic mass is 32.2. The monoisotopic (exact) mass is 565 g/mol. The van der Waals surface area contributed by atoms with Crippen LogP contribution in [0.4, 0.5) is 5.69 Å². The minimum absolute atomic E-state index is 0.0283. The molecule has 4 aromatic rings. The van der Waals surface area contributed by atoms with Crippen molar-refractivity contribution in [3.8, 4) is 28.6 Å². The standard InChI is InChI=1S/C29H35N5O5S/c1-7-20-15-22(38-5)9-11-26(20)39-27-16-24(30-12-13-40(6,36)37)28-31-17-25(34(28)33-27)21-8-10-23(19(4)14-21)29(35)32-18(2)3/h8-11,14-18,30H,7,12-13H2,1-6H3,(H,32,35). The molecule has 0 aliphatic heterocycles. The van der Waals surface area contributed by atoms with Gasteiger partial charge in [-0.05, 0) is 68.7 Å². The quantitative estimate of drug-likeness (QED) is 0.269. The van der Waals surface area contributed by atoms with Crippen molar-refractivity contribution in [2.75, 3.05) is 31.0 Å². The molecule has 0 fully saturated rings. The Labute approximate surface area is 234 Å². The van der Waals surface area contributed by atoms with Gasteiger partial charge in [0.15, 0.2) is 5.65 Å². The predicted octanol–water partition coefficient (Wildman–Crippen LogP) is 4.66. The lowest BCUT2D eigenvalue weighted by molar-refractivity contribution is 0.0942. The van der Waals surface area contributed by atoms with Crippen LogP contribution in [0.2, 0.25) is 0 Å². The van der Waals surface area contributed by atoms with Crippen LogP contribution >= 0.6 is 0 Å². The molecule has 2 N–H and O–H groups in total. The fourth-order valence-corrected chi connectivity index (χ4v) is 4.76. The van der Waals surface area contributed by atoms with Gasteiger partial charge in [-0.2, -0.15) is 0 Å². The molecule has 0 atom stereocenters. The largest absolute Gasteiger partial charge is 0.497 e. The molecule has 11 heteroatoms. The molecule has 0 saturated carbocycles. The third-order valence-electron chi connectivity index (χ3n) is 6.28. The van der Waals surface area contributed by atoms with Crippen molar-refractivity contribution >= 4 is 27.1 Å². The number of ether oxygens (including phenoxy) is 2. The molecule has 0 unspecified atom stereocenters. The smallest absolute Gasteiger partial charge is 0.251 e. The van der Waals surface area contributed by atoms with Gasteiger partial charge in [0, 0.05) is 36.0 Å². The van der Waals surface area contributed by atoms with E-state index in [0.29, 0.717) is 34.2 Å². The van der Waals surface area contributed by atoms with E-state index in [1.54, 1.807) is 30.0 Å². The molecular weight excluding hydrogens is 530 g/mol. The molecule has 40 heavy (non-hydrogen) atoms. The van der Waals surface area contributed by atoms with Crippen molar-refractivity contribution < 1.29 is 22.7 Å². The van der Waals surface area contributed by atoms with Crippen LogP contribution in [-0.2, 0) is 16.3 Å². The second-order valence-electron chi connectivity index (χ2n) is 9.92. The molecule has 0 aliphatic carbocycles. The lowest BCUT2D eigenvalue weighted by Gasteiger charge is -2.14. The fraction of sp³-hybridized carbons (Fsp3) is 0.345. The van der Waals surface area contributed by atoms with E-state index in [2.05, 4.69) is 15.6 Å². The molecule has 0 radical (unpaired) electrons. The van der Waals surface area contributed by atoms with Gasteiger partial charge in [-0.15, -0.1) is 5.10 Å².